The maximum atomic E-state index is 13.5. The second kappa shape index (κ2) is 7.18. The van der Waals surface area contributed by atoms with Gasteiger partial charge in [-0.3, -0.25) is 9.59 Å². The van der Waals surface area contributed by atoms with E-state index in [1.807, 2.05) is 41.3 Å². The second-order valence-corrected chi connectivity index (χ2v) is 9.22. The van der Waals surface area contributed by atoms with Gasteiger partial charge >= 0.3 is 0 Å². The molecule has 1 aromatic carbocycles. The Hall–Kier alpha value is -2.44. The summed E-state index contributed by atoms with van der Waals surface area (Å²) in [5, 5.41) is 4.18. The maximum Gasteiger partial charge on any atom is 0.228 e. The van der Waals surface area contributed by atoms with Gasteiger partial charge in [0.15, 0.2) is 0 Å². The number of fused-ring (bicyclic) bond motifs is 1. The summed E-state index contributed by atoms with van der Waals surface area (Å²) >= 11 is 3.47. The fraction of sp³-hybridized carbons (Fsp3) is 0.273. The molecule has 5 rings (SSSR count). The number of hydrogen-bond acceptors (Lipinski definition) is 4. The highest BCUT2D eigenvalue weighted by Gasteiger charge is 2.41. The molecule has 2 aliphatic heterocycles. The van der Waals surface area contributed by atoms with Crippen molar-refractivity contribution in [3.8, 4) is 0 Å². The third-order valence-electron chi connectivity index (χ3n) is 5.60. The van der Waals surface area contributed by atoms with Gasteiger partial charge in [-0.1, -0.05) is 24.3 Å². The number of nitrogens with zero attached hydrogens (tertiary/aromatic N) is 2. The van der Waals surface area contributed by atoms with Crippen LogP contribution in [-0.4, -0.2) is 29.8 Å². The van der Waals surface area contributed by atoms with Gasteiger partial charge in [-0.25, -0.2) is 0 Å². The molecule has 0 N–H and O–H groups in total. The van der Waals surface area contributed by atoms with E-state index < -0.39 is 0 Å². The quantitative estimate of drug-likeness (QED) is 0.647. The Morgan fingerprint density at radius 1 is 1.00 bits per heavy atom. The number of thiophene rings is 2. The highest BCUT2D eigenvalue weighted by molar-refractivity contribution is 7.10. The van der Waals surface area contributed by atoms with Crippen molar-refractivity contribution in [3.05, 3.63) is 74.6 Å². The SMILES string of the molecule is O=C1CC(C(=O)N2CCc3sccc3C2c2cccs2)CN1c1ccccc1. The van der Waals surface area contributed by atoms with Crippen LogP contribution in [0.25, 0.3) is 0 Å². The summed E-state index contributed by atoms with van der Waals surface area (Å²) in [4.78, 5) is 32.4. The van der Waals surface area contributed by atoms with E-state index in [9.17, 15) is 9.59 Å². The molecule has 4 heterocycles. The molecule has 0 radical (unpaired) electrons. The number of hydrogen-bond donors (Lipinski definition) is 0. The number of carbonyl (C=O) groups is 2. The van der Waals surface area contributed by atoms with Gasteiger partial charge in [0.25, 0.3) is 0 Å². The molecule has 142 valence electrons. The topological polar surface area (TPSA) is 40.6 Å². The summed E-state index contributed by atoms with van der Waals surface area (Å²) in [6.45, 7) is 1.18. The Bertz CT molecular complexity index is 997. The van der Waals surface area contributed by atoms with Crippen LogP contribution in [0.3, 0.4) is 0 Å². The van der Waals surface area contributed by atoms with E-state index in [4.69, 9.17) is 0 Å². The Labute approximate surface area is 172 Å². The van der Waals surface area contributed by atoms with Crippen LogP contribution in [0.2, 0.25) is 0 Å². The molecule has 1 fully saturated rings. The number of anilines is 1. The van der Waals surface area contributed by atoms with Gasteiger partial charge in [-0.05, 0) is 47.0 Å². The molecular formula is C22H20N2O2S2. The van der Waals surface area contributed by atoms with Crippen molar-refractivity contribution < 1.29 is 9.59 Å². The maximum absolute atomic E-state index is 13.5. The number of benzene rings is 1. The Balaban J connectivity index is 1.43. The predicted octanol–water partition coefficient (Wildman–Crippen LogP) is 4.34. The Kier molecular flexibility index (Phi) is 4.53. The molecule has 4 nitrogen and oxygen atoms in total. The molecule has 2 unspecified atom stereocenters. The summed E-state index contributed by atoms with van der Waals surface area (Å²) < 4.78 is 0. The lowest BCUT2D eigenvalue weighted by Gasteiger charge is -2.37. The molecule has 0 saturated carbocycles. The molecule has 0 spiro atoms. The first-order chi connectivity index (χ1) is 13.7. The molecular weight excluding hydrogens is 388 g/mol. The van der Waals surface area contributed by atoms with E-state index in [-0.39, 0.29) is 30.2 Å². The number of para-hydroxylation sites is 1. The first-order valence-electron chi connectivity index (χ1n) is 9.48. The van der Waals surface area contributed by atoms with E-state index in [1.165, 1.54) is 15.3 Å². The summed E-state index contributed by atoms with van der Waals surface area (Å²) in [5.74, 6) is -0.150. The van der Waals surface area contributed by atoms with Crippen molar-refractivity contribution in [1.82, 2.24) is 4.90 Å². The molecule has 3 aromatic rings. The van der Waals surface area contributed by atoms with E-state index in [0.29, 0.717) is 13.1 Å². The molecule has 6 heteroatoms. The largest absolute Gasteiger partial charge is 0.330 e. The van der Waals surface area contributed by atoms with Crippen LogP contribution in [-0.2, 0) is 16.0 Å². The van der Waals surface area contributed by atoms with Crippen molar-refractivity contribution in [2.24, 2.45) is 5.92 Å². The highest BCUT2D eigenvalue weighted by atomic mass is 32.1. The minimum atomic E-state index is -0.282. The molecule has 0 aliphatic carbocycles. The van der Waals surface area contributed by atoms with E-state index in [1.54, 1.807) is 27.6 Å². The minimum Gasteiger partial charge on any atom is -0.330 e. The zero-order valence-electron chi connectivity index (χ0n) is 15.3. The van der Waals surface area contributed by atoms with Crippen LogP contribution in [0.4, 0.5) is 5.69 Å². The first-order valence-corrected chi connectivity index (χ1v) is 11.2. The van der Waals surface area contributed by atoms with Crippen molar-refractivity contribution in [2.45, 2.75) is 18.9 Å². The Morgan fingerprint density at radius 2 is 1.86 bits per heavy atom. The van der Waals surface area contributed by atoms with Crippen molar-refractivity contribution in [3.63, 3.8) is 0 Å². The number of carbonyl (C=O) groups excluding carboxylic acids is 2. The van der Waals surface area contributed by atoms with Gasteiger partial charge < -0.3 is 9.80 Å². The van der Waals surface area contributed by atoms with Gasteiger partial charge in [-0.15, -0.1) is 22.7 Å². The fourth-order valence-electron chi connectivity index (χ4n) is 4.27. The lowest BCUT2D eigenvalue weighted by atomic mass is 9.96. The molecule has 2 aromatic heterocycles. The normalized spacial score (nSPS) is 21.8. The van der Waals surface area contributed by atoms with Gasteiger partial charge in [0.2, 0.25) is 11.8 Å². The lowest BCUT2D eigenvalue weighted by Crippen LogP contribution is -2.43. The summed E-state index contributed by atoms with van der Waals surface area (Å²) in [7, 11) is 0. The molecule has 2 atom stereocenters. The predicted molar refractivity (Wildman–Crippen MR) is 113 cm³/mol. The molecule has 28 heavy (non-hydrogen) atoms. The third kappa shape index (κ3) is 2.97. The van der Waals surface area contributed by atoms with Gasteiger partial charge in [0, 0.05) is 35.0 Å². The van der Waals surface area contributed by atoms with E-state index >= 15 is 0 Å². The lowest BCUT2D eigenvalue weighted by molar-refractivity contribution is -0.137. The van der Waals surface area contributed by atoms with Gasteiger partial charge in [-0.2, -0.15) is 0 Å². The fourth-order valence-corrected chi connectivity index (χ4v) is 6.03. The van der Waals surface area contributed by atoms with E-state index in [0.717, 1.165) is 12.1 Å². The van der Waals surface area contributed by atoms with Crippen LogP contribution in [0.5, 0.6) is 0 Å². The monoisotopic (exact) mass is 408 g/mol. The van der Waals surface area contributed by atoms with Crippen molar-refractivity contribution in [1.29, 1.82) is 0 Å². The number of amides is 2. The van der Waals surface area contributed by atoms with Crippen LogP contribution in [0.15, 0.2) is 59.3 Å². The minimum absolute atomic E-state index is 0.0247. The summed E-state index contributed by atoms with van der Waals surface area (Å²) in [6.07, 6.45) is 1.18. The zero-order valence-corrected chi connectivity index (χ0v) is 16.9. The molecule has 0 bridgehead atoms. The van der Waals surface area contributed by atoms with Gasteiger partial charge in [0.05, 0.1) is 12.0 Å². The first kappa shape index (κ1) is 17.6. The van der Waals surface area contributed by atoms with E-state index in [2.05, 4.69) is 22.9 Å². The average molecular weight is 409 g/mol. The van der Waals surface area contributed by atoms with Crippen molar-refractivity contribution >= 4 is 40.2 Å². The third-order valence-corrected chi connectivity index (χ3v) is 7.53. The van der Waals surface area contributed by atoms with Gasteiger partial charge in [0.1, 0.15) is 0 Å². The Morgan fingerprint density at radius 3 is 2.64 bits per heavy atom. The van der Waals surface area contributed by atoms with Crippen LogP contribution < -0.4 is 4.90 Å². The van der Waals surface area contributed by atoms with Crippen LogP contribution in [0.1, 0.15) is 27.8 Å². The standard InChI is InChI=1S/C22H20N2O2S2/c25-20-13-15(14-24(20)16-5-2-1-3-6-16)22(26)23-10-8-18-17(9-12-28-18)21(23)19-7-4-11-27-19/h1-7,9,11-12,15,21H,8,10,13-14H2. The van der Waals surface area contributed by atoms with Crippen molar-refractivity contribution in [2.75, 3.05) is 18.0 Å². The summed E-state index contributed by atoms with van der Waals surface area (Å²) in [6, 6.07) is 15.9. The second-order valence-electron chi connectivity index (χ2n) is 7.24. The number of rotatable bonds is 3. The molecule has 1 saturated heterocycles. The smallest absolute Gasteiger partial charge is 0.228 e. The summed E-state index contributed by atoms with van der Waals surface area (Å²) in [5.41, 5.74) is 2.12. The van der Waals surface area contributed by atoms with Crippen LogP contribution >= 0.6 is 22.7 Å². The van der Waals surface area contributed by atoms with Crippen LogP contribution in [0, 0.1) is 5.92 Å². The molecule has 2 aliphatic rings. The molecule has 2 amide bonds. The highest BCUT2D eigenvalue weighted by Crippen LogP contribution is 2.41. The zero-order chi connectivity index (χ0) is 19.1. The average Bonchev–Trinajstić information content (AvgIpc) is 3.48.